The van der Waals surface area contributed by atoms with Gasteiger partial charge >= 0.3 is 0 Å². The van der Waals surface area contributed by atoms with Crippen molar-refractivity contribution in [3.05, 3.63) is 40.2 Å². The van der Waals surface area contributed by atoms with Crippen molar-refractivity contribution in [1.29, 1.82) is 0 Å². The van der Waals surface area contributed by atoms with Gasteiger partial charge in [0.2, 0.25) is 5.95 Å². The molecule has 1 aliphatic rings. The highest BCUT2D eigenvalue weighted by Crippen LogP contribution is 2.33. The molecule has 0 radical (unpaired) electrons. The van der Waals surface area contributed by atoms with Gasteiger partial charge in [-0.05, 0) is 18.9 Å². The topological polar surface area (TPSA) is 77.1 Å². The number of nitro groups is 1. The molecule has 0 bridgehead atoms. The number of anilines is 2. The van der Waals surface area contributed by atoms with E-state index in [1.165, 1.54) is 25.3 Å². The molecular formula is C16H22ClN5O2. The molecule has 0 unspecified atom stereocenters. The summed E-state index contributed by atoms with van der Waals surface area (Å²) in [5.41, 5.74) is 0.800. The van der Waals surface area contributed by atoms with Crippen LogP contribution in [0.15, 0.2) is 24.3 Å². The zero-order valence-corrected chi connectivity index (χ0v) is 14.7. The van der Waals surface area contributed by atoms with Crippen LogP contribution in [-0.2, 0) is 7.05 Å². The summed E-state index contributed by atoms with van der Waals surface area (Å²) in [4.78, 5) is 12.4. The standard InChI is InChI=1S/C16H21N5O2.ClH/c1-19(13-9-6-10-14(11-13)21(22)23)16-18-17-15(20(16)2)12-7-4-3-5-8-12;/h6,9-12H,3-5,7-8H2,1-2H3;1H. The third-order valence-electron chi connectivity index (χ3n) is 4.58. The summed E-state index contributed by atoms with van der Waals surface area (Å²) in [6.07, 6.45) is 6.11. The Morgan fingerprint density at radius 2 is 1.96 bits per heavy atom. The van der Waals surface area contributed by atoms with E-state index in [-0.39, 0.29) is 23.0 Å². The lowest BCUT2D eigenvalue weighted by molar-refractivity contribution is -0.384. The number of rotatable bonds is 4. The number of non-ortho nitro benzene ring substituents is 1. The maximum absolute atomic E-state index is 10.9. The summed E-state index contributed by atoms with van der Waals surface area (Å²) in [6.45, 7) is 0. The molecule has 24 heavy (non-hydrogen) atoms. The van der Waals surface area contributed by atoms with Crippen molar-refractivity contribution in [2.45, 2.75) is 38.0 Å². The van der Waals surface area contributed by atoms with Gasteiger partial charge in [-0.3, -0.25) is 14.7 Å². The molecule has 0 aliphatic heterocycles. The van der Waals surface area contributed by atoms with Crippen molar-refractivity contribution in [1.82, 2.24) is 14.8 Å². The molecule has 1 saturated carbocycles. The number of benzene rings is 1. The lowest BCUT2D eigenvalue weighted by Crippen LogP contribution is -2.16. The van der Waals surface area contributed by atoms with Crippen LogP contribution in [0.1, 0.15) is 43.8 Å². The first-order chi connectivity index (χ1) is 11.1. The van der Waals surface area contributed by atoms with Crippen molar-refractivity contribution in [2.24, 2.45) is 7.05 Å². The third-order valence-corrected chi connectivity index (χ3v) is 4.58. The van der Waals surface area contributed by atoms with Crippen molar-refractivity contribution >= 4 is 29.7 Å². The third kappa shape index (κ3) is 3.51. The van der Waals surface area contributed by atoms with Crippen LogP contribution in [0.3, 0.4) is 0 Å². The number of hydrogen-bond donors (Lipinski definition) is 0. The van der Waals surface area contributed by atoms with Gasteiger partial charge in [-0.25, -0.2) is 0 Å². The van der Waals surface area contributed by atoms with E-state index in [0.29, 0.717) is 11.9 Å². The van der Waals surface area contributed by atoms with Crippen LogP contribution in [0.25, 0.3) is 0 Å². The van der Waals surface area contributed by atoms with Crippen LogP contribution >= 0.6 is 12.4 Å². The first-order valence-corrected chi connectivity index (χ1v) is 7.95. The predicted octanol–water partition coefficient (Wildman–Crippen LogP) is 3.96. The molecule has 0 amide bonds. The average molecular weight is 352 g/mol. The fraction of sp³-hybridized carbons (Fsp3) is 0.500. The normalized spacial score (nSPS) is 14.9. The monoisotopic (exact) mass is 351 g/mol. The smallest absolute Gasteiger partial charge is 0.271 e. The maximum atomic E-state index is 10.9. The van der Waals surface area contributed by atoms with Gasteiger partial charge in [0.25, 0.3) is 5.69 Å². The van der Waals surface area contributed by atoms with Gasteiger partial charge in [-0.2, -0.15) is 0 Å². The van der Waals surface area contributed by atoms with Crippen molar-refractivity contribution in [2.75, 3.05) is 11.9 Å². The number of halogens is 1. The van der Waals surface area contributed by atoms with E-state index in [1.54, 1.807) is 12.1 Å². The summed E-state index contributed by atoms with van der Waals surface area (Å²) in [7, 11) is 3.82. The fourth-order valence-electron chi connectivity index (χ4n) is 3.27. The van der Waals surface area contributed by atoms with Gasteiger partial charge in [-0.15, -0.1) is 22.6 Å². The Morgan fingerprint density at radius 1 is 1.25 bits per heavy atom. The summed E-state index contributed by atoms with van der Waals surface area (Å²) >= 11 is 0. The van der Waals surface area contributed by atoms with Crippen molar-refractivity contribution in [3.63, 3.8) is 0 Å². The van der Waals surface area contributed by atoms with Gasteiger partial charge in [0.15, 0.2) is 0 Å². The van der Waals surface area contributed by atoms with E-state index in [2.05, 4.69) is 10.2 Å². The lowest BCUT2D eigenvalue weighted by Gasteiger charge is -2.22. The summed E-state index contributed by atoms with van der Waals surface area (Å²) in [5, 5.41) is 19.6. The van der Waals surface area contributed by atoms with Crippen LogP contribution < -0.4 is 4.90 Å². The van der Waals surface area contributed by atoms with Crippen LogP contribution in [0, 0.1) is 10.1 Å². The van der Waals surface area contributed by atoms with Crippen LogP contribution in [0.2, 0.25) is 0 Å². The molecule has 0 spiro atoms. The molecule has 7 nitrogen and oxygen atoms in total. The highest BCUT2D eigenvalue weighted by Gasteiger charge is 2.23. The zero-order chi connectivity index (χ0) is 16.4. The van der Waals surface area contributed by atoms with Crippen LogP contribution in [-0.4, -0.2) is 26.7 Å². The first-order valence-electron chi connectivity index (χ1n) is 7.95. The van der Waals surface area contributed by atoms with E-state index in [1.807, 2.05) is 29.6 Å². The molecule has 1 heterocycles. The molecule has 0 N–H and O–H groups in total. The molecule has 1 aromatic carbocycles. The highest BCUT2D eigenvalue weighted by atomic mass is 35.5. The van der Waals surface area contributed by atoms with E-state index < -0.39 is 0 Å². The van der Waals surface area contributed by atoms with E-state index in [0.717, 1.165) is 24.4 Å². The Labute approximate surface area is 147 Å². The van der Waals surface area contributed by atoms with Crippen molar-refractivity contribution < 1.29 is 4.92 Å². The van der Waals surface area contributed by atoms with Crippen molar-refractivity contribution in [3.8, 4) is 0 Å². The SMILES string of the molecule is CN(c1cccc([N+](=O)[O-])c1)c1nnc(C2CCCCC2)n1C.Cl. The average Bonchev–Trinajstić information content (AvgIpc) is 2.96. The number of aromatic nitrogens is 3. The van der Waals surface area contributed by atoms with E-state index >= 15 is 0 Å². The molecule has 8 heteroatoms. The van der Waals surface area contributed by atoms with Gasteiger partial charge in [0.1, 0.15) is 5.82 Å². The maximum Gasteiger partial charge on any atom is 0.271 e. The number of nitrogens with zero attached hydrogens (tertiary/aromatic N) is 5. The minimum absolute atomic E-state index is 0. The second-order valence-corrected chi connectivity index (χ2v) is 6.09. The molecule has 1 aromatic heterocycles. The first kappa shape index (κ1) is 18.2. The molecule has 1 aliphatic carbocycles. The largest absolute Gasteiger partial charge is 0.313 e. The minimum atomic E-state index is -0.387. The lowest BCUT2D eigenvalue weighted by atomic mass is 9.89. The van der Waals surface area contributed by atoms with Gasteiger partial charge in [0, 0.05) is 32.1 Å². The molecule has 3 rings (SSSR count). The Balaban J connectivity index is 0.00000208. The Morgan fingerprint density at radius 3 is 2.62 bits per heavy atom. The second-order valence-electron chi connectivity index (χ2n) is 6.09. The summed E-state index contributed by atoms with van der Waals surface area (Å²) in [5.74, 6) is 2.18. The number of hydrogen-bond acceptors (Lipinski definition) is 5. The molecule has 0 atom stereocenters. The van der Waals surface area contributed by atoms with Crippen LogP contribution in [0.4, 0.5) is 17.3 Å². The van der Waals surface area contributed by atoms with Gasteiger partial charge in [-0.1, -0.05) is 25.3 Å². The second kappa shape index (κ2) is 7.61. The van der Waals surface area contributed by atoms with E-state index in [4.69, 9.17) is 0 Å². The van der Waals surface area contributed by atoms with Gasteiger partial charge in [0.05, 0.1) is 10.6 Å². The Bertz CT molecular complexity index is 712. The minimum Gasteiger partial charge on any atom is -0.313 e. The molecule has 130 valence electrons. The van der Waals surface area contributed by atoms with E-state index in [9.17, 15) is 10.1 Å². The molecular weight excluding hydrogens is 330 g/mol. The summed E-state index contributed by atoms with van der Waals surface area (Å²) < 4.78 is 2.01. The Kier molecular flexibility index (Phi) is 5.77. The fourth-order valence-corrected chi connectivity index (χ4v) is 3.27. The van der Waals surface area contributed by atoms with Crippen LogP contribution in [0.5, 0.6) is 0 Å². The highest BCUT2D eigenvalue weighted by molar-refractivity contribution is 5.85. The molecule has 2 aromatic rings. The van der Waals surface area contributed by atoms with Gasteiger partial charge < -0.3 is 4.90 Å². The Hall–Kier alpha value is -2.15. The quantitative estimate of drug-likeness (QED) is 0.615. The summed E-state index contributed by atoms with van der Waals surface area (Å²) in [6, 6.07) is 6.56. The molecule has 1 fully saturated rings. The number of nitro benzene ring substituents is 1. The molecule has 0 saturated heterocycles. The zero-order valence-electron chi connectivity index (χ0n) is 13.9. The predicted molar refractivity (Wildman–Crippen MR) is 95.2 cm³/mol.